The van der Waals surface area contributed by atoms with E-state index in [0.717, 1.165) is 16.8 Å². The number of carbonyl (C=O) groups is 1. The number of urea groups is 1. The molecule has 1 heterocycles. The minimum absolute atomic E-state index is 0.232. The lowest BCUT2D eigenvalue weighted by Crippen LogP contribution is -2.33. The lowest BCUT2D eigenvalue weighted by atomic mass is 10.1. The summed E-state index contributed by atoms with van der Waals surface area (Å²) in [6.45, 7) is 7.00. The van der Waals surface area contributed by atoms with Gasteiger partial charge in [0.25, 0.3) is 0 Å². The standard InChI is InChI=1S/C18H26N4O2/c1-13(8-15(3)23)9-19-18(24)21-17-6-4-16(5-7-17)12-22-11-14(2)10-20-22/h4-7,10-11,13,15,23H,8-9,12H2,1-3H3,(H2,19,21,24). The van der Waals surface area contributed by atoms with Crippen molar-refractivity contribution in [2.75, 3.05) is 11.9 Å². The molecular formula is C18H26N4O2. The van der Waals surface area contributed by atoms with Crippen LogP contribution in [0.15, 0.2) is 36.7 Å². The molecule has 2 atom stereocenters. The fraction of sp³-hybridized carbons (Fsp3) is 0.444. The van der Waals surface area contributed by atoms with Crippen LogP contribution in [0.25, 0.3) is 0 Å². The van der Waals surface area contributed by atoms with E-state index in [9.17, 15) is 9.90 Å². The van der Waals surface area contributed by atoms with Gasteiger partial charge in [-0.2, -0.15) is 5.10 Å². The molecule has 2 unspecified atom stereocenters. The van der Waals surface area contributed by atoms with Crippen LogP contribution in [0.2, 0.25) is 0 Å². The van der Waals surface area contributed by atoms with Crippen molar-refractivity contribution >= 4 is 11.7 Å². The number of aryl methyl sites for hydroxylation is 1. The summed E-state index contributed by atoms with van der Waals surface area (Å²) in [5, 5.41) is 19.2. The zero-order valence-electron chi connectivity index (χ0n) is 14.5. The van der Waals surface area contributed by atoms with Crippen molar-refractivity contribution in [3.8, 4) is 0 Å². The molecule has 0 aliphatic carbocycles. The Bertz CT molecular complexity index is 649. The van der Waals surface area contributed by atoms with E-state index in [4.69, 9.17) is 0 Å². The van der Waals surface area contributed by atoms with Crippen LogP contribution in [-0.4, -0.2) is 33.6 Å². The summed E-state index contributed by atoms with van der Waals surface area (Å²) < 4.78 is 1.88. The average molecular weight is 330 g/mol. The van der Waals surface area contributed by atoms with Gasteiger partial charge in [-0.05, 0) is 49.4 Å². The van der Waals surface area contributed by atoms with Gasteiger partial charge in [-0.15, -0.1) is 0 Å². The monoisotopic (exact) mass is 330 g/mol. The van der Waals surface area contributed by atoms with Gasteiger partial charge in [-0.1, -0.05) is 19.1 Å². The van der Waals surface area contributed by atoms with Gasteiger partial charge in [0, 0.05) is 18.4 Å². The molecule has 0 aliphatic rings. The molecule has 6 nitrogen and oxygen atoms in total. The van der Waals surface area contributed by atoms with E-state index in [-0.39, 0.29) is 18.1 Å². The molecule has 0 bridgehead atoms. The summed E-state index contributed by atoms with van der Waals surface area (Å²) in [6.07, 6.45) is 4.14. The van der Waals surface area contributed by atoms with Crippen LogP contribution in [0, 0.1) is 12.8 Å². The summed E-state index contributed by atoms with van der Waals surface area (Å²) in [4.78, 5) is 11.9. The minimum atomic E-state index is -0.351. The van der Waals surface area contributed by atoms with Crippen molar-refractivity contribution in [1.29, 1.82) is 0 Å². The molecule has 24 heavy (non-hydrogen) atoms. The maximum atomic E-state index is 11.9. The molecule has 0 radical (unpaired) electrons. The first-order chi connectivity index (χ1) is 11.4. The molecular weight excluding hydrogens is 304 g/mol. The zero-order chi connectivity index (χ0) is 17.5. The maximum Gasteiger partial charge on any atom is 0.319 e. The number of nitrogens with one attached hydrogen (secondary N) is 2. The van der Waals surface area contributed by atoms with Crippen molar-refractivity contribution in [2.24, 2.45) is 5.92 Å². The number of nitrogens with zero attached hydrogens (tertiary/aromatic N) is 2. The number of rotatable bonds is 7. The van der Waals surface area contributed by atoms with Gasteiger partial charge in [0.05, 0.1) is 18.8 Å². The molecule has 130 valence electrons. The fourth-order valence-corrected chi connectivity index (χ4v) is 2.54. The van der Waals surface area contributed by atoms with Gasteiger partial charge in [0.1, 0.15) is 0 Å². The average Bonchev–Trinajstić information content (AvgIpc) is 2.92. The molecule has 0 spiro atoms. The first kappa shape index (κ1) is 18.0. The highest BCUT2D eigenvalue weighted by Gasteiger charge is 2.08. The molecule has 0 fully saturated rings. The number of aliphatic hydroxyl groups is 1. The Kier molecular flexibility index (Phi) is 6.37. The largest absolute Gasteiger partial charge is 0.393 e. The van der Waals surface area contributed by atoms with Crippen LogP contribution < -0.4 is 10.6 Å². The highest BCUT2D eigenvalue weighted by atomic mass is 16.3. The van der Waals surface area contributed by atoms with Crippen LogP contribution >= 0.6 is 0 Å². The third kappa shape index (κ3) is 6.04. The van der Waals surface area contributed by atoms with Crippen LogP contribution in [-0.2, 0) is 6.54 Å². The Balaban J connectivity index is 1.79. The number of carbonyl (C=O) groups excluding carboxylic acids is 1. The first-order valence-electron chi connectivity index (χ1n) is 8.23. The minimum Gasteiger partial charge on any atom is -0.393 e. The van der Waals surface area contributed by atoms with Crippen LogP contribution in [0.3, 0.4) is 0 Å². The van der Waals surface area contributed by atoms with Crippen LogP contribution in [0.1, 0.15) is 31.4 Å². The van der Waals surface area contributed by atoms with Crippen molar-refractivity contribution in [3.63, 3.8) is 0 Å². The van der Waals surface area contributed by atoms with Gasteiger partial charge < -0.3 is 15.7 Å². The summed E-state index contributed by atoms with van der Waals surface area (Å²) in [5.74, 6) is 0.232. The second kappa shape index (κ2) is 8.49. The number of aromatic nitrogens is 2. The Labute approximate surface area is 142 Å². The Hall–Kier alpha value is -2.34. The van der Waals surface area contributed by atoms with Crippen molar-refractivity contribution in [1.82, 2.24) is 15.1 Å². The molecule has 2 rings (SSSR count). The third-order valence-electron chi connectivity index (χ3n) is 3.67. The number of hydrogen-bond donors (Lipinski definition) is 3. The number of hydrogen-bond acceptors (Lipinski definition) is 3. The van der Waals surface area contributed by atoms with E-state index in [1.165, 1.54) is 0 Å². The van der Waals surface area contributed by atoms with E-state index in [1.54, 1.807) is 6.92 Å². The van der Waals surface area contributed by atoms with E-state index in [0.29, 0.717) is 19.5 Å². The Morgan fingerprint density at radius 1 is 1.29 bits per heavy atom. The smallest absolute Gasteiger partial charge is 0.319 e. The van der Waals surface area contributed by atoms with Crippen molar-refractivity contribution < 1.29 is 9.90 Å². The van der Waals surface area contributed by atoms with Gasteiger partial charge in [-0.25, -0.2) is 4.79 Å². The maximum absolute atomic E-state index is 11.9. The van der Waals surface area contributed by atoms with Gasteiger partial charge >= 0.3 is 6.03 Å². The van der Waals surface area contributed by atoms with E-state index in [2.05, 4.69) is 15.7 Å². The van der Waals surface area contributed by atoms with E-state index < -0.39 is 0 Å². The molecule has 2 aromatic rings. The SMILES string of the molecule is Cc1cnn(Cc2ccc(NC(=O)NCC(C)CC(C)O)cc2)c1. The van der Waals surface area contributed by atoms with Gasteiger partial charge in [0.2, 0.25) is 0 Å². The predicted molar refractivity (Wildman–Crippen MR) is 95.0 cm³/mol. The number of aliphatic hydroxyl groups excluding tert-OH is 1. The second-order valence-electron chi connectivity index (χ2n) is 6.44. The molecule has 2 amide bonds. The van der Waals surface area contributed by atoms with Crippen LogP contribution in [0.4, 0.5) is 10.5 Å². The Morgan fingerprint density at radius 3 is 2.58 bits per heavy atom. The number of amides is 2. The molecule has 1 aromatic heterocycles. The van der Waals surface area contributed by atoms with E-state index in [1.807, 2.05) is 55.2 Å². The van der Waals surface area contributed by atoms with Gasteiger partial charge in [-0.3, -0.25) is 4.68 Å². The number of anilines is 1. The lowest BCUT2D eigenvalue weighted by molar-refractivity contribution is 0.163. The molecule has 6 heteroatoms. The molecule has 0 saturated carbocycles. The van der Waals surface area contributed by atoms with Crippen molar-refractivity contribution in [3.05, 3.63) is 47.8 Å². The molecule has 1 aromatic carbocycles. The molecule has 3 N–H and O–H groups in total. The topological polar surface area (TPSA) is 79.2 Å². The second-order valence-corrected chi connectivity index (χ2v) is 6.44. The van der Waals surface area contributed by atoms with Gasteiger partial charge in [0.15, 0.2) is 0 Å². The summed E-state index contributed by atoms with van der Waals surface area (Å²) in [5.41, 5.74) is 3.00. The fourth-order valence-electron chi connectivity index (χ4n) is 2.54. The zero-order valence-corrected chi connectivity index (χ0v) is 14.5. The summed E-state index contributed by atoms with van der Waals surface area (Å²) >= 11 is 0. The highest BCUT2D eigenvalue weighted by Crippen LogP contribution is 2.11. The molecule has 0 aliphatic heterocycles. The van der Waals surface area contributed by atoms with Crippen molar-refractivity contribution in [2.45, 2.75) is 39.8 Å². The first-order valence-corrected chi connectivity index (χ1v) is 8.23. The lowest BCUT2D eigenvalue weighted by Gasteiger charge is -2.14. The van der Waals surface area contributed by atoms with Crippen LogP contribution in [0.5, 0.6) is 0 Å². The van der Waals surface area contributed by atoms with E-state index >= 15 is 0 Å². The highest BCUT2D eigenvalue weighted by molar-refractivity contribution is 5.89. The Morgan fingerprint density at radius 2 is 2.00 bits per heavy atom. The quantitative estimate of drug-likeness (QED) is 0.730. The summed E-state index contributed by atoms with van der Waals surface area (Å²) in [7, 11) is 0. The number of benzene rings is 1. The normalized spacial score (nSPS) is 13.3. The third-order valence-corrected chi connectivity index (χ3v) is 3.67. The summed E-state index contributed by atoms with van der Waals surface area (Å²) in [6, 6.07) is 7.48. The molecule has 0 saturated heterocycles. The predicted octanol–water partition coefficient (Wildman–Crippen LogP) is 2.77.